The van der Waals surface area contributed by atoms with Gasteiger partial charge in [0.25, 0.3) is 11.8 Å². The quantitative estimate of drug-likeness (QED) is 0.735. The molecule has 2 aromatic rings. The highest BCUT2D eigenvalue weighted by Gasteiger charge is 2.52. The number of carbonyl (C=O) groups excluding carboxylic acids is 2. The van der Waals surface area contributed by atoms with Crippen LogP contribution in [-0.2, 0) is 6.42 Å². The zero-order chi connectivity index (χ0) is 23.0. The molecule has 1 unspecified atom stereocenters. The number of piperidine rings is 1. The number of halogens is 1. The number of methoxy groups -OCH3 is 1. The number of ether oxygens (including phenoxy) is 1. The van der Waals surface area contributed by atoms with E-state index in [-0.39, 0.29) is 23.3 Å². The third-order valence-electron chi connectivity index (χ3n) is 6.65. The van der Waals surface area contributed by atoms with Crippen LogP contribution >= 0.6 is 11.6 Å². The highest BCUT2D eigenvalue weighted by molar-refractivity contribution is 6.34. The largest absolute Gasteiger partial charge is 0.480 e. The molecule has 10 heteroatoms. The Morgan fingerprint density at radius 1 is 1.22 bits per heavy atom. The number of H-pyrrole nitrogens is 1. The molecule has 0 radical (unpaired) electrons. The maximum atomic E-state index is 13.2. The predicted octanol–water partition coefficient (Wildman–Crippen LogP) is 2.83. The number of hydrogen-bond acceptors (Lipinski definition) is 6. The molecule has 2 aliphatic rings. The smallest absolute Gasteiger partial charge is 0.276 e. The summed E-state index contributed by atoms with van der Waals surface area (Å²) >= 11 is 6.38. The van der Waals surface area contributed by atoms with Gasteiger partial charge in [0.15, 0.2) is 11.4 Å². The van der Waals surface area contributed by atoms with Crippen LogP contribution in [0.3, 0.4) is 0 Å². The minimum atomic E-state index is -0.130. The van der Waals surface area contributed by atoms with E-state index in [0.29, 0.717) is 54.3 Å². The maximum Gasteiger partial charge on any atom is 0.276 e. The lowest BCUT2D eigenvalue weighted by Crippen LogP contribution is -2.67. The van der Waals surface area contributed by atoms with Crippen molar-refractivity contribution in [1.82, 2.24) is 30.2 Å². The van der Waals surface area contributed by atoms with Crippen LogP contribution in [0.25, 0.3) is 0 Å². The second-order valence-electron chi connectivity index (χ2n) is 9.18. The van der Waals surface area contributed by atoms with Gasteiger partial charge in [-0.05, 0) is 31.2 Å². The molecule has 2 amide bonds. The number of likely N-dealkylation sites (tertiary alicyclic amines) is 2. The summed E-state index contributed by atoms with van der Waals surface area (Å²) in [4.78, 5) is 29.7. The Morgan fingerprint density at radius 3 is 2.47 bits per heavy atom. The summed E-state index contributed by atoms with van der Waals surface area (Å²) in [5, 5.41) is 15.3. The highest BCUT2D eigenvalue weighted by Crippen LogP contribution is 2.45. The van der Waals surface area contributed by atoms with Crippen molar-refractivity contribution in [2.45, 2.75) is 46.1 Å². The Balaban J connectivity index is 1.42. The van der Waals surface area contributed by atoms with Gasteiger partial charge in [-0.3, -0.25) is 14.7 Å². The van der Waals surface area contributed by atoms with Crippen molar-refractivity contribution in [3.8, 4) is 5.88 Å². The Morgan fingerprint density at radius 2 is 1.94 bits per heavy atom. The molecule has 32 heavy (non-hydrogen) atoms. The van der Waals surface area contributed by atoms with Crippen molar-refractivity contribution < 1.29 is 14.3 Å². The molecule has 1 N–H and O–H groups in total. The molecule has 2 aliphatic heterocycles. The van der Waals surface area contributed by atoms with E-state index in [4.69, 9.17) is 16.3 Å². The van der Waals surface area contributed by atoms with E-state index in [9.17, 15) is 9.59 Å². The number of carbonyl (C=O) groups is 2. The number of amides is 2. The van der Waals surface area contributed by atoms with Gasteiger partial charge in [-0.1, -0.05) is 32.4 Å². The van der Waals surface area contributed by atoms with Crippen LogP contribution in [-0.4, -0.2) is 74.8 Å². The zero-order valence-electron chi connectivity index (χ0n) is 18.9. The van der Waals surface area contributed by atoms with Gasteiger partial charge >= 0.3 is 0 Å². The lowest BCUT2D eigenvalue weighted by Gasteiger charge is -2.58. The molecule has 4 heterocycles. The van der Waals surface area contributed by atoms with E-state index in [1.54, 1.807) is 12.1 Å². The molecule has 1 atom stereocenters. The van der Waals surface area contributed by atoms with Crippen molar-refractivity contribution >= 4 is 23.4 Å². The van der Waals surface area contributed by atoms with Gasteiger partial charge < -0.3 is 14.5 Å². The van der Waals surface area contributed by atoms with E-state index < -0.39 is 0 Å². The van der Waals surface area contributed by atoms with Gasteiger partial charge in [0.05, 0.1) is 17.8 Å². The molecular formula is C22H29ClN6O3. The Labute approximate surface area is 192 Å². The number of nitrogens with one attached hydrogen (secondary N) is 1. The van der Waals surface area contributed by atoms with Gasteiger partial charge in [-0.2, -0.15) is 5.10 Å². The average Bonchev–Trinajstić information content (AvgIpc) is 3.17. The molecule has 0 aliphatic carbocycles. The van der Waals surface area contributed by atoms with Gasteiger partial charge in [0, 0.05) is 37.2 Å². The molecule has 0 aromatic carbocycles. The van der Waals surface area contributed by atoms with Crippen molar-refractivity contribution in [3.05, 3.63) is 34.2 Å². The summed E-state index contributed by atoms with van der Waals surface area (Å²) < 4.78 is 5.00. The fraction of sp³-hybridized carbons (Fsp3) is 0.591. The van der Waals surface area contributed by atoms with Crippen LogP contribution in [0.5, 0.6) is 5.88 Å². The SMILES string of the molecule is CCc1[nH]nc(C(=O)N2CC(C)(C)C2C2CCN(C(=O)c3ccc(OC)nn3)CC2)c1Cl. The number of rotatable bonds is 5. The van der Waals surface area contributed by atoms with Crippen LogP contribution in [0.15, 0.2) is 12.1 Å². The van der Waals surface area contributed by atoms with Crippen molar-refractivity contribution in [2.75, 3.05) is 26.7 Å². The lowest BCUT2D eigenvalue weighted by atomic mass is 9.66. The monoisotopic (exact) mass is 460 g/mol. The van der Waals surface area contributed by atoms with Gasteiger partial charge in [0.2, 0.25) is 5.88 Å². The number of nitrogens with zero attached hydrogens (tertiary/aromatic N) is 5. The second kappa shape index (κ2) is 8.69. The molecule has 2 saturated heterocycles. The second-order valence-corrected chi connectivity index (χ2v) is 9.55. The number of hydrogen-bond donors (Lipinski definition) is 1. The minimum Gasteiger partial charge on any atom is -0.480 e. The Hall–Kier alpha value is -2.68. The third-order valence-corrected chi connectivity index (χ3v) is 7.06. The summed E-state index contributed by atoms with van der Waals surface area (Å²) in [6.07, 6.45) is 2.34. The van der Waals surface area contributed by atoms with E-state index in [0.717, 1.165) is 18.5 Å². The molecule has 0 saturated carbocycles. The Bertz CT molecular complexity index is 998. The van der Waals surface area contributed by atoms with Gasteiger partial charge in [0.1, 0.15) is 0 Å². The van der Waals surface area contributed by atoms with Crippen molar-refractivity contribution in [2.24, 2.45) is 11.3 Å². The summed E-state index contributed by atoms with van der Waals surface area (Å²) in [7, 11) is 1.51. The minimum absolute atomic E-state index is 0.00430. The van der Waals surface area contributed by atoms with E-state index in [2.05, 4.69) is 34.2 Å². The summed E-state index contributed by atoms with van der Waals surface area (Å²) in [5.74, 6) is 0.425. The van der Waals surface area contributed by atoms with Crippen molar-refractivity contribution in [3.63, 3.8) is 0 Å². The molecule has 9 nitrogen and oxygen atoms in total. The first-order valence-electron chi connectivity index (χ1n) is 11.0. The average molecular weight is 461 g/mol. The molecule has 172 valence electrons. The molecule has 2 fully saturated rings. The fourth-order valence-corrected chi connectivity index (χ4v) is 5.33. The standard InChI is InChI=1S/C22H29ClN6O3/c1-5-14-17(23)18(27-24-14)21(31)29-12-22(2,3)19(29)13-8-10-28(11-9-13)20(30)15-6-7-16(32-4)26-25-15/h6-7,13,19H,5,8-12H2,1-4H3,(H,24,27). The fourth-order valence-electron chi connectivity index (χ4n) is 5.03. The van der Waals surface area contributed by atoms with E-state index >= 15 is 0 Å². The molecule has 0 spiro atoms. The van der Waals surface area contributed by atoms with Crippen molar-refractivity contribution in [1.29, 1.82) is 0 Å². The van der Waals surface area contributed by atoms with Crippen LogP contribution in [0.4, 0.5) is 0 Å². The van der Waals surface area contributed by atoms with E-state index in [1.807, 2.05) is 16.7 Å². The predicted molar refractivity (Wildman–Crippen MR) is 119 cm³/mol. The summed E-state index contributed by atoms with van der Waals surface area (Å²) in [6.45, 7) is 8.26. The maximum absolute atomic E-state index is 13.2. The number of aryl methyl sites for hydroxylation is 1. The first-order valence-corrected chi connectivity index (χ1v) is 11.3. The van der Waals surface area contributed by atoms with E-state index in [1.165, 1.54) is 7.11 Å². The van der Waals surface area contributed by atoms with Crippen LogP contribution in [0.1, 0.15) is 60.3 Å². The highest BCUT2D eigenvalue weighted by atomic mass is 35.5. The lowest BCUT2D eigenvalue weighted by molar-refractivity contribution is -0.0698. The van der Waals surface area contributed by atoms with Crippen LogP contribution in [0, 0.1) is 11.3 Å². The number of aromatic amines is 1. The first-order chi connectivity index (χ1) is 15.3. The van der Waals surface area contributed by atoms with Crippen LogP contribution in [0.2, 0.25) is 5.02 Å². The zero-order valence-corrected chi connectivity index (χ0v) is 19.6. The van der Waals surface area contributed by atoms with Gasteiger partial charge in [-0.25, -0.2) is 0 Å². The molecule has 4 rings (SSSR count). The first kappa shape index (κ1) is 22.5. The molecule has 2 aromatic heterocycles. The molecule has 0 bridgehead atoms. The van der Waals surface area contributed by atoms with Gasteiger partial charge in [-0.15, -0.1) is 10.2 Å². The summed E-state index contributed by atoms with van der Waals surface area (Å²) in [6, 6.07) is 3.36. The third kappa shape index (κ3) is 3.94. The van der Waals surface area contributed by atoms with Crippen LogP contribution < -0.4 is 4.74 Å². The molecular weight excluding hydrogens is 432 g/mol. The topological polar surface area (TPSA) is 104 Å². The summed E-state index contributed by atoms with van der Waals surface area (Å²) in [5.41, 5.74) is 1.39. The Kier molecular flexibility index (Phi) is 6.11. The normalized spacial score (nSPS) is 20.7. The number of aromatic nitrogens is 4.